The Bertz CT molecular complexity index is 626. The van der Waals surface area contributed by atoms with Gasteiger partial charge < -0.3 is 9.47 Å². The molecule has 0 amide bonds. The van der Waals surface area contributed by atoms with Crippen LogP contribution in [0, 0.1) is 0 Å². The molecule has 0 spiro atoms. The van der Waals surface area contributed by atoms with Crippen LogP contribution in [0.25, 0.3) is 0 Å². The summed E-state index contributed by atoms with van der Waals surface area (Å²) in [4.78, 5) is 0.106. The fraction of sp³-hybridized carbons (Fsp3) is 0.571. The van der Waals surface area contributed by atoms with Gasteiger partial charge in [-0.25, -0.2) is 8.42 Å². The fourth-order valence-electron chi connectivity index (χ4n) is 2.91. The summed E-state index contributed by atoms with van der Waals surface area (Å²) in [5, 5.41) is 0.598. The minimum atomic E-state index is -3.69. The lowest BCUT2D eigenvalue weighted by Crippen LogP contribution is -2.50. The highest BCUT2D eigenvalue weighted by Crippen LogP contribution is 2.31. The molecule has 2 aliphatic heterocycles. The summed E-state index contributed by atoms with van der Waals surface area (Å²) in [6.45, 7) is 1.44. The first-order valence-corrected chi connectivity index (χ1v) is 9.39. The van der Waals surface area contributed by atoms with Crippen molar-refractivity contribution in [2.24, 2.45) is 0 Å². The summed E-state index contributed by atoms with van der Waals surface area (Å²) in [6.07, 6.45) is 2.00. The van der Waals surface area contributed by atoms with Gasteiger partial charge >= 0.3 is 0 Å². The number of rotatable bonds is 3. The Morgan fingerprint density at radius 2 is 1.68 bits per heavy atom. The van der Waals surface area contributed by atoms with Crippen LogP contribution >= 0.6 is 23.2 Å². The Kier molecular flexibility index (Phi) is 4.97. The Morgan fingerprint density at radius 1 is 1.05 bits per heavy atom. The molecular formula is C14H17Cl2NO4S. The second-order valence-electron chi connectivity index (χ2n) is 5.39. The van der Waals surface area contributed by atoms with Crippen molar-refractivity contribution >= 4 is 33.2 Å². The summed E-state index contributed by atoms with van der Waals surface area (Å²) < 4.78 is 38.4. The Morgan fingerprint density at radius 3 is 2.32 bits per heavy atom. The number of hydrogen-bond acceptors (Lipinski definition) is 4. The van der Waals surface area contributed by atoms with E-state index in [4.69, 9.17) is 32.7 Å². The maximum absolute atomic E-state index is 13.0. The molecule has 0 radical (unpaired) electrons. The van der Waals surface area contributed by atoms with E-state index in [1.54, 1.807) is 0 Å². The third-order valence-electron chi connectivity index (χ3n) is 3.90. The van der Waals surface area contributed by atoms with Crippen LogP contribution in [0.3, 0.4) is 0 Å². The van der Waals surface area contributed by atoms with Gasteiger partial charge in [0.05, 0.1) is 24.2 Å². The molecule has 0 unspecified atom stereocenters. The molecule has 0 aromatic heterocycles. The van der Waals surface area contributed by atoms with Gasteiger partial charge in [-0.3, -0.25) is 0 Å². The van der Waals surface area contributed by atoms with Crippen LogP contribution in [-0.2, 0) is 19.5 Å². The van der Waals surface area contributed by atoms with Crippen LogP contribution in [0.4, 0.5) is 0 Å². The van der Waals surface area contributed by atoms with E-state index in [0.29, 0.717) is 29.8 Å². The highest BCUT2D eigenvalue weighted by Gasteiger charge is 2.40. The van der Waals surface area contributed by atoms with Crippen molar-refractivity contribution in [2.45, 2.75) is 36.5 Å². The van der Waals surface area contributed by atoms with E-state index in [2.05, 4.69) is 0 Å². The van der Waals surface area contributed by atoms with Gasteiger partial charge in [-0.1, -0.05) is 29.6 Å². The molecule has 0 bridgehead atoms. The zero-order chi connectivity index (χ0) is 15.7. The molecule has 22 heavy (non-hydrogen) atoms. The number of piperidine rings is 1. The average molecular weight is 366 g/mol. The third-order valence-corrected chi connectivity index (χ3v) is 6.24. The molecule has 1 atom stereocenters. The van der Waals surface area contributed by atoms with Gasteiger partial charge in [0.1, 0.15) is 0 Å². The molecule has 0 N–H and O–H groups in total. The van der Waals surface area contributed by atoms with E-state index in [1.165, 1.54) is 22.5 Å². The number of ether oxygens (including phenoxy) is 2. The molecular weight excluding hydrogens is 349 g/mol. The van der Waals surface area contributed by atoms with E-state index in [9.17, 15) is 8.42 Å². The lowest BCUT2D eigenvalue weighted by atomic mass is 10.0. The molecule has 8 heteroatoms. The molecule has 0 aliphatic carbocycles. The minimum Gasteiger partial charge on any atom is -0.349 e. The van der Waals surface area contributed by atoms with Gasteiger partial charge in [0, 0.05) is 16.6 Å². The van der Waals surface area contributed by atoms with Crippen LogP contribution in [0.2, 0.25) is 10.0 Å². The van der Waals surface area contributed by atoms with Crippen LogP contribution in [0.1, 0.15) is 19.3 Å². The standard InChI is InChI=1S/C14H17Cl2NO4S/c15-10-7-11(16)9-12(8-10)22(18,19)17-4-2-1-3-13(17)14-20-5-6-21-14/h7-9,13-14H,1-6H2/t13-/m1/s1. The van der Waals surface area contributed by atoms with Crippen molar-refractivity contribution in [2.75, 3.05) is 19.8 Å². The molecule has 1 aromatic carbocycles. The van der Waals surface area contributed by atoms with E-state index in [0.717, 1.165) is 19.3 Å². The van der Waals surface area contributed by atoms with Gasteiger partial charge in [0.2, 0.25) is 10.0 Å². The minimum absolute atomic E-state index is 0.106. The van der Waals surface area contributed by atoms with Gasteiger partial charge in [-0.05, 0) is 31.0 Å². The topological polar surface area (TPSA) is 55.8 Å². The molecule has 2 heterocycles. The first-order valence-electron chi connectivity index (χ1n) is 7.19. The van der Waals surface area contributed by atoms with Crippen molar-refractivity contribution in [1.29, 1.82) is 0 Å². The Hall–Kier alpha value is -0.370. The SMILES string of the molecule is O=S(=O)(c1cc(Cl)cc(Cl)c1)N1CCCC[C@@H]1C1OCCO1. The maximum Gasteiger partial charge on any atom is 0.243 e. The summed E-state index contributed by atoms with van der Waals surface area (Å²) in [6, 6.07) is 4.05. The van der Waals surface area contributed by atoms with E-state index in [1.807, 2.05) is 0 Å². The van der Waals surface area contributed by atoms with Crippen LogP contribution < -0.4 is 0 Å². The summed E-state index contributed by atoms with van der Waals surface area (Å²) in [7, 11) is -3.69. The summed E-state index contributed by atoms with van der Waals surface area (Å²) in [5.41, 5.74) is 0. The van der Waals surface area contributed by atoms with Crippen molar-refractivity contribution in [3.8, 4) is 0 Å². The molecule has 122 valence electrons. The van der Waals surface area contributed by atoms with Crippen molar-refractivity contribution in [3.63, 3.8) is 0 Å². The first-order chi connectivity index (χ1) is 10.5. The number of halogens is 2. The largest absolute Gasteiger partial charge is 0.349 e. The zero-order valence-corrected chi connectivity index (χ0v) is 14.2. The van der Waals surface area contributed by atoms with Crippen molar-refractivity contribution < 1.29 is 17.9 Å². The number of nitrogens with zero attached hydrogens (tertiary/aromatic N) is 1. The lowest BCUT2D eigenvalue weighted by molar-refractivity contribution is -0.0913. The molecule has 5 nitrogen and oxygen atoms in total. The summed E-state index contributed by atoms with van der Waals surface area (Å²) >= 11 is 11.9. The second-order valence-corrected chi connectivity index (χ2v) is 8.16. The predicted octanol–water partition coefficient (Wildman–Crippen LogP) is 2.91. The van der Waals surface area contributed by atoms with Crippen LogP contribution in [0.15, 0.2) is 23.1 Å². The second kappa shape index (κ2) is 6.63. The molecule has 2 fully saturated rings. The highest BCUT2D eigenvalue weighted by atomic mass is 35.5. The lowest BCUT2D eigenvalue weighted by Gasteiger charge is -2.36. The van der Waals surface area contributed by atoms with Gasteiger partial charge in [-0.2, -0.15) is 4.31 Å². The highest BCUT2D eigenvalue weighted by molar-refractivity contribution is 7.89. The first kappa shape index (κ1) is 16.5. The van der Waals surface area contributed by atoms with Crippen molar-refractivity contribution in [1.82, 2.24) is 4.31 Å². The Labute approximate surface area is 140 Å². The predicted molar refractivity (Wildman–Crippen MR) is 83.7 cm³/mol. The molecule has 3 rings (SSSR count). The quantitative estimate of drug-likeness (QED) is 0.826. The van der Waals surface area contributed by atoms with Crippen LogP contribution in [-0.4, -0.2) is 44.8 Å². The average Bonchev–Trinajstić information content (AvgIpc) is 3.00. The number of benzene rings is 1. The Balaban J connectivity index is 1.94. The number of hydrogen-bond donors (Lipinski definition) is 0. The third kappa shape index (κ3) is 3.27. The smallest absolute Gasteiger partial charge is 0.243 e. The van der Waals surface area contributed by atoms with Crippen LogP contribution in [0.5, 0.6) is 0 Å². The van der Waals surface area contributed by atoms with E-state index < -0.39 is 16.3 Å². The normalized spacial score (nSPS) is 24.7. The molecule has 2 aliphatic rings. The van der Waals surface area contributed by atoms with Gasteiger partial charge in [-0.15, -0.1) is 0 Å². The molecule has 1 aromatic rings. The van der Waals surface area contributed by atoms with E-state index >= 15 is 0 Å². The number of sulfonamides is 1. The zero-order valence-electron chi connectivity index (χ0n) is 11.9. The van der Waals surface area contributed by atoms with Crippen molar-refractivity contribution in [3.05, 3.63) is 28.2 Å². The maximum atomic E-state index is 13.0. The molecule has 0 saturated carbocycles. The molecule has 2 saturated heterocycles. The van der Waals surface area contributed by atoms with E-state index in [-0.39, 0.29) is 10.9 Å². The summed E-state index contributed by atoms with van der Waals surface area (Å²) in [5.74, 6) is 0. The fourth-order valence-corrected chi connectivity index (χ4v) is 5.32. The monoisotopic (exact) mass is 365 g/mol. The van der Waals surface area contributed by atoms with Gasteiger partial charge in [0.25, 0.3) is 0 Å². The van der Waals surface area contributed by atoms with Gasteiger partial charge in [0.15, 0.2) is 6.29 Å².